The van der Waals surface area contributed by atoms with Crippen LogP contribution < -0.4 is 5.32 Å². The van der Waals surface area contributed by atoms with E-state index in [9.17, 15) is 22.8 Å². The molecule has 1 heterocycles. The molecule has 1 amide bonds. The number of rotatable bonds is 8. The van der Waals surface area contributed by atoms with Crippen molar-refractivity contribution in [2.45, 2.75) is 38.4 Å². The number of amides is 1. The lowest BCUT2D eigenvalue weighted by Gasteiger charge is -2.14. The van der Waals surface area contributed by atoms with Crippen LogP contribution in [0.5, 0.6) is 0 Å². The van der Waals surface area contributed by atoms with Crippen LogP contribution >= 0.6 is 0 Å². The van der Waals surface area contributed by atoms with Crippen molar-refractivity contribution >= 4 is 11.9 Å². The number of alkyl halides is 3. The lowest BCUT2D eigenvalue weighted by molar-refractivity contribution is -0.143. The number of carbonyl (C=O) groups excluding carboxylic acids is 1. The van der Waals surface area contributed by atoms with Crippen molar-refractivity contribution in [1.29, 1.82) is 0 Å². The molecule has 0 saturated heterocycles. The molecular weight excluding hydrogens is 375 g/mol. The van der Waals surface area contributed by atoms with E-state index in [4.69, 9.17) is 5.11 Å². The maximum Gasteiger partial charge on any atom is 0.434 e. The molecule has 0 aliphatic carbocycles. The topological polar surface area (TPSA) is 84.2 Å². The number of halogens is 3. The van der Waals surface area contributed by atoms with Gasteiger partial charge in [-0.15, -0.1) is 6.58 Å². The number of aromatic carboxylic acids is 1. The molecule has 0 aliphatic rings. The molecule has 2 aromatic rings. The number of carboxylic acid groups (broad SMARTS) is 1. The Bertz CT molecular complexity index is 858. The summed E-state index contributed by atoms with van der Waals surface area (Å²) in [5.41, 5.74) is -2.05. The first kappa shape index (κ1) is 21.2. The Kier molecular flexibility index (Phi) is 6.61. The Morgan fingerprint density at radius 1 is 1.32 bits per heavy atom. The number of aromatic nitrogens is 2. The molecule has 9 heteroatoms. The van der Waals surface area contributed by atoms with Gasteiger partial charge >= 0.3 is 12.1 Å². The van der Waals surface area contributed by atoms with Gasteiger partial charge < -0.3 is 10.4 Å². The number of nitrogens with one attached hydrogen (secondary N) is 1. The van der Waals surface area contributed by atoms with Gasteiger partial charge in [-0.1, -0.05) is 6.08 Å². The summed E-state index contributed by atoms with van der Waals surface area (Å²) in [7, 11) is 0. The Hall–Kier alpha value is -3.10. The summed E-state index contributed by atoms with van der Waals surface area (Å²) in [4.78, 5) is 23.3. The van der Waals surface area contributed by atoms with E-state index in [0.29, 0.717) is 10.9 Å². The van der Waals surface area contributed by atoms with Crippen molar-refractivity contribution in [3.8, 4) is 5.69 Å². The van der Waals surface area contributed by atoms with Gasteiger partial charge in [0.2, 0.25) is 0 Å². The minimum Gasteiger partial charge on any atom is -0.478 e. The summed E-state index contributed by atoms with van der Waals surface area (Å²) in [6.07, 6.45) is 0.0510. The Balaban J connectivity index is 2.20. The van der Waals surface area contributed by atoms with Gasteiger partial charge in [0.1, 0.15) is 5.56 Å². The zero-order valence-corrected chi connectivity index (χ0v) is 15.2. The van der Waals surface area contributed by atoms with Gasteiger partial charge in [0, 0.05) is 11.6 Å². The molecule has 1 atom stereocenters. The highest BCUT2D eigenvalue weighted by atomic mass is 19.4. The number of unbranched alkanes of at least 4 members (excludes halogenated alkanes) is 1. The van der Waals surface area contributed by atoms with Crippen LogP contribution in [0.1, 0.15) is 52.6 Å². The molecule has 0 spiro atoms. The van der Waals surface area contributed by atoms with Crippen LogP contribution in [-0.4, -0.2) is 32.8 Å². The molecule has 0 fully saturated rings. The minimum atomic E-state index is -4.90. The highest BCUT2D eigenvalue weighted by molar-refractivity contribution is 5.94. The average Bonchev–Trinajstić information content (AvgIpc) is 3.08. The smallest absolute Gasteiger partial charge is 0.434 e. The molecule has 1 aromatic carbocycles. The van der Waals surface area contributed by atoms with E-state index in [2.05, 4.69) is 17.0 Å². The Morgan fingerprint density at radius 3 is 2.50 bits per heavy atom. The first-order chi connectivity index (χ1) is 13.1. The van der Waals surface area contributed by atoms with Gasteiger partial charge in [0.05, 0.1) is 11.9 Å². The van der Waals surface area contributed by atoms with Crippen molar-refractivity contribution in [3.05, 3.63) is 59.9 Å². The largest absolute Gasteiger partial charge is 0.478 e. The number of nitrogens with zero attached hydrogens (tertiary/aromatic N) is 2. The normalized spacial score (nSPS) is 12.4. The fraction of sp³-hybridized carbons (Fsp3) is 0.316. The molecule has 0 saturated carbocycles. The van der Waals surface area contributed by atoms with Crippen molar-refractivity contribution in [3.63, 3.8) is 0 Å². The first-order valence-electron chi connectivity index (χ1n) is 8.56. The quantitative estimate of drug-likeness (QED) is 0.521. The van der Waals surface area contributed by atoms with Gasteiger partial charge in [-0.25, -0.2) is 9.48 Å². The predicted octanol–water partition coefficient (Wildman–Crippen LogP) is 4.06. The van der Waals surface area contributed by atoms with E-state index in [1.54, 1.807) is 6.08 Å². The van der Waals surface area contributed by atoms with E-state index in [0.717, 1.165) is 19.3 Å². The number of benzene rings is 1. The van der Waals surface area contributed by atoms with E-state index in [1.165, 1.54) is 24.3 Å². The van der Waals surface area contributed by atoms with Crippen molar-refractivity contribution in [2.24, 2.45) is 0 Å². The van der Waals surface area contributed by atoms with E-state index in [-0.39, 0.29) is 23.2 Å². The summed E-state index contributed by atoms with van der Waals surface area (Å²) < 4.78 is 40.3. The van der Waals surface area contributed by atoms with E-state index in [1.807, 2.05) is 6.92 Å². The number of allylic oxidation sites excluding steroid dienone is 1. The van der Waals surface area contributed by atoms with Gasteiger partial charge in [0.15, 0.2) is 5.69 Å². The maximum atomic E-state index is 13.3. The second-order valence-corrected chi connectivity index (χ2v) is 6.26. The van der Waals surface area contributed by atoms with Gasteiger partial charge in [0.25, 0.3) is 5.91 Å². The van der Waals surface area contributed by atoms with Crippen LogP contribution in [0, 0.1) is 0 Å². The van der Waals surface area contributed by atoms with Crippen LogP contribution in [-0.2, 0) is 6.18 Å². The molecule has 28 heavy (non-hydrogen) atoms. The van der Waals surface area contributed by atoms with Crippen LogP contribution in [0.3, 0.4) is 0 Å². The maximum absolute atomic E-state index is 13.3. The van der Waals surface area contributed by atoms with E-state index >= 15 is 0 Å². The first-order valence-corrected chi connectivity index (χ1v) is 8.56. The molecule has 2 N–H and O–H groups in total. The van der Waals surface area contributed by atoms with Crippen molar-refractivity contribution in [1.82, 2.24) is 15.1 Å². The summed E-state index contributed by atoms with van der Waals surface area (Å²) in [5, 5.41) is 15.3. The number of hydrogen-bond donors (Lipinski definition) is 2. The Morgan fingerprint density at radius 2 is 1.96 bits per heavy atom. The Labute approximate surface area is 159 Å². The molecule has 150 valence electrons. The molecule has 6 nitrogen and oxygen atoms in total. The SMILES string of the molecule is C=CCCCC(C)NC(=O)c1ccc(-n2ncc(C(=O)O)c2C(F)(F)F)cc1. The highest BCUT2D eigenvalue weighted by Crippen LogP contribution is 2.33. The van der Waals surface area contributed by atoms with Crippen LogP contribution in [0.15, 0.2) is 43.1 Å². The summed E-state index contributed by atoms with van der Waals surface area (Å²) in [6, 6.07) is 5.23. The third-order valence-electron chi connectivity index (χ3n) is 4.07. The summed E-state index contributed by atoms with van der Waals surface area (Å²) in [5.74, 6) is -2.07. The van der Waals surface area contributed by atoms with E-state index < -0.39 is 23.4 Å². The van der Waals surface area contributed by atoms with Crippen LogP contribution in [0.2, 0.25) is 0 Å². The molecule has 1 aromatic heterocycles. The molecule has 2 rings (SSSR count). The molecule has 0 bridgehead atoms. The summed E-state index contributed by atoms with van der Waals surface area (Å²) in [6.45, 7) is 5.50. The minimum absolute atomic E-state index is 0.00425. The molecular formula is C19H20F3N3O3. The van der Waals surface area contributed by atoms with Crippen molar-refractivity contribution in [2.75, 3.05) is 0 Å². The van der Waals surface area contributed by atoms with Gasteiger partial charge in [-0.3, -0.25) is 4.79 Å². The summed E-state index contributed by atoms with van der Waals surface area (Å²) >= 11 is 0. The zero-order chi connectivity index (χ0) is 20.9. The predicted molar refractivity (Wildman–Crippen MR) is 96.5 cm³/mol. The fourth-order valence-electron chi connectivity index (χ4n) is 2.68. The lowest BCUT2D eigenvalue weighted by Crippen LogP contribution is -2.32. The van der Waals surface area contributed by atoms with Crippen molar-refractivity contribution < 1.29 is 27.9 Å². The average molecular weight is 395 g/mol. The number of carboxylic acids is 1. The lowest BCUT2D eigenvalue weighted by atomic mass is 10.1. The zero-order valence-electron chi connectivity index (χ0n) is 15.2. The number of carbonyl (C=O) groups is 2. The van der Waals surface area contributed by atoms with Crippen LogP contribution in [0.25, 0.3) is 5.69 Å². The second kappa shape index (κ2) is 8.73. The third-order valence-corrected chi connectivity index (χ3v) is 4.07. The molecule has 0 radical (unpaired) electrons. The number of hydrogen-bond acceptors (Lipinski definition) is 3. The highest BCUT2D eigenvalue weighted by Gasteiger charge is 2.40. The second-order valence-electron chi connectivity index (χ2n) is 6.26. The van der Waals surface area contributed by atoms with Crippen LogP contribution in [0.4, 0.5) is 13.2 Å². The third kappa shape index (κ3) is 4.99. The van der Waals surface area contributed by atoms with Gasteiger partial charge in [-0.2, -0.15) is 18.3 Å². The van der Waals surface area contributed by atoms with Gasteiger partial charge in [-0.05, 0) is 50.5 Å². The monoisotopic (exact) mass is 395 g/mol. The standard InChI is InChI=1S/C19H20F3N3O3/c1-3-4-5-6-12(2)24-17(26)13-7-9-14(10-8-13)25-16(19(20,21)22)15(11-23-25)18(27)28/h3,7-12H,1,4-6H2,2H3,(H,24,26)(H,27,28). The fourth-order valence-corrected chi connectivity index (χ4v) is 2.68. The molecule has 1 unspecified atom stereocenters. The molecule has 0 aliphatic heterocycles.